The molecule has 4 rings (SSSR count). The van der Waals surface area contributed by atoms with Gasteiger partial charge < -0.3 is 9.88 Å². The first-order valence-corrected chi connectivity index (χ1v) is 11.3. The Kier molecular flexibility index (Phi) is 4.65. The minimum absolute atomic E-state index is 0.616. The highest BCUT2D eigenvalue weighted by Crippen LogP contribution is 2.47. The van der Waals surface area contributed by atoms with Gasteiger partial charge in [-0.25, -0.2) is 0 Å². The fourth-order valence-electron chi connectivity index (χ4n) is 4.80. The van der Waals surface area contributed by atoms with E-state index in [0.29, 0.717) is 17.2 Å². The van der Waals surface area contributed by atoms with Gasteiger partial charge in [0.25, 0.3) is 0 Å². The number of likely N-dealkylation sites (N-methyl/N-ethyl adjacent to an activating group) is 1. The van der Waals surface area contributed by atoms with E-state index in [9.17, 15) is 0 Å². The molecule has 0 bridgehead atoms. The molecule has 2 aliphatic rings. The first-order valence-electron chi connectivity index (χ1n) is 9.07. The first kappa shape index (κ1) is 16.9. The molecule has 2 aromatic rings. The molecule has 1 N–H and O–H groups in total. The summed E-state index contributed by atoms with van der Waals surface area (Å²) in [6.07, 6.45) is 4.80. The zero-order valence-corrected chi connectivity index (χ0v) is 16.8. The number of nitrogens with one attached hydrogen (secondary N) is 1. The topological polar surface area (TPSA) is 19.0 Å². The standard InChI is InChI=1S/C20H28N2S2/c1-12(2)24-20-16-9-18-15(8-13(11-23-4)10-22(18)3)14-6-5-7-17(21-20)19(14)16/h5-7,12-13,15,18,21H,8-11H2,1-4H3/t13-,15-,18-/m1/s1. The summed E-state index contributed by atoms with van der Waals surface area (Å²) in [5.41, 5.74) is 4.53. The molecule has 1 aromatic carbocycles. The summed E-state index contributed by atoms with van der Waals surface area (Å²) >= 11 is 3.99. The van der Waals surface area contributed by atoms with E-state index in [1.807, 2.05) is 23.5 Å². The van der Waals surface area contributed by atoms with Crippen molar-refractivity contribution in [2.45, 2.75) is 48.9 Å². The zero-order chi connectivity index (χ0) is 16.8. The van der Waals surface area contributed by atoms with Crippen LogP contribution in [0.25, 0.3) is 10.9 Å². The highest BCUT2D eigenvalue weighted by atomic mass is 32.2. The number of aromatic amines is 1. The Morgan fingerprint density at radius 1 is 1.33 bits per heavy atom. The van der Waals surface area contributed by atoms with Crippen LogP contribution in [-0.2, 0) is 6.42 Å². The van der Waals surface area contributed by atoms with Crippen molar-refractivity contribution in [1.29, 1.82) is 0 Å². The molecule has 1 fully saturated rings. The van der Waals surface area contributed by atoms with E-state index in [4.69, 9.17) is 0 Å². The van der Waals surface area contributed by atoms with E-state index in [2.05, 4.69) is 55.2 Å². The lowest BCUT2D eigenvalue weighted by Crippen LogP contribution is -2.48. The summed E-state index contributed by atoms with van der Waals surface area (Å²) in [5, 5.41) is 3.57. The van der Waals surface area contributed by atoms with Crippen LogP contribution in [0, 0.1) is 5.92 Å². The number of likely N-dealkylation sites (tertiary alicyclic amines) is 1. The fourth-order valence-corrected chi connectivity index (χ4v) is 6.48. The maximum absolute atomic E-state index is 3.73. The highest BCUT2D eigenvalue weighted by molar-refractivity contribution is 7.99. The van der Waals surface area contributed by atoms with Crippen molar-refractivity contribution in [2.24, 2.45) is 5.92 Å². The normalized spacial score (nSPS) is 27.0. The number of nitrogens with zero attached hydrogens (tertiary/aromatic N) is 1. The number of aromatic nitrogens is 1. The van der Waals surface area contributed by atoms with Gasteiger partial charge in [0.1, 0.15) is 0 Å². The molecule has 0 spiro atoms. The summed E-state index contributed by atoms with van der Waals surface area (Å²) in [5.74, 6) is 2.81. The van der Waals surface area contributed by atoms with Crippen LogP contribution in [0.15, 0.2) is 23.2 Å². The molecule has 24 heavy (non-hydrogen) atoms. The van der Waals surface area contributed by atoms with Crippen molar-refractivity contribution in [1.82, 2.24) is 9.88 Å². The van der Waals surface area contributed by atoms with Gasteiger partial charge in [-0.1, -0.05) is 26.0 Å². The SMILES string of the molecule is CSC[C@@H]1C[C@@H]2c3cccc4[nH]c(SC(C)C)c(c34)C[C@H]2N(C)C1. The Balaban J connectivity index is 1.79. The molecule has 0 amide bonds. The average molecular weight is 361 g/mol. The number of benzene rings is 1. The highest BCUT2D eigenvalue weighted by Gasteiger charge is 2.40. The van der Waals surface area contributed by atoms with Gasteiger partial charge in [-0.2, -0.15) is 11.8 Å². The second-order valence-corrected chi connectivity index (χ2v) is 10.2. The van der Waals surface area contributed by atoms with Crippen molar-refractivity contribution in [2.75, 3.05) is 25.6 Å². The Morgan fingerprint density at radius 3 is 2.92 bits per heavy atom. The first-order chi connectivity index (χ1) is 11.6. The van der Waals surface area contributed by atoms with E-state index in [1.165, 1.54) is 35.7 Å². The molecule has 1 aliphatic carbocycles. The van der Waals surface area contributed by atoms with Crippen molar-refractivity contribution in [3.63, 3.8) is 0 Å². The summed E-state index contributed by atoms with van der Waals surface area (Å²) in [6, 6.07) is 7.58. The predicted octanol–water partition coefficient (Wildman–Crippen LogP) is 4.99. The van der Waals surface area contributed by atoms with E-state index >= 15 is 0 Å². The lowest BCUT2D eigenvalue weighted by molar-refractivity contribution is 0.121. The van der Waals surface area contributed by atoms with E-state index in [0.717, 1.165) is 5.92 Å². The summed E-state index contributed by atoms with van der Waals surface area (Å²) < 4.78 is 0. The van der Waals surface area contributed by atoms with Gasteiger partial charge in [0.2, 0.25) is 0 Å². The van der Waals surface area contributed by atoms with Gasteiger partial charge in [-0.05, 0) is 55.0 Å². The van der Waals surface area contributed by atoms with Crippen LogP contribution in [0.5, 0.6) is 0 Å². The quantitative estimate of drug-likeness (QED) is 0.775. The predicted molar refractivity (Wildman–Crippen MR) is 109 cm³/mol. The molecular formula is C20H28N2S2. The van der Waals surface area contributed by atoms with Gasteiger partial charge >= 0.3 is 0 Å². The monoisotopic (exact) mass is 360 g/mol. The third kappa shape index (κ3) is 2.81. The molecular weight excluding hydrogens is 332 g/mol. The second-order valence-electron chi connectivity index (χ2n) is 7.74. The van der Waals surface area contributed by atoms with Crippen molar-refractivity contribution in [3.05, 3.63) is 29.3 Å². The molecule has 1 aromatic heterocycles. The van der Waals surface area contributed by atoms with Crippen LogP contribution in [0.1, 0.15) is 37.3 Å². The lowest BCUT2D eigenvalue weighted by atomic mass is 9.73. The van der Waals surface area contributed by atoms with Gasteiger partial charge in [-0.3, -0.25) is 0 Å². The average Bonchev–Trinajstić information content (AvgIpc) is 2.87. The van der Waals surface area contributed by atoms with E-state index in [-0.39, 0.29) is 0 Å². The number of thioether (sulfide) groups is 2. The smallest absolute Gasteiger partial charge is 0.0768 e. The fraction of sp³-hybridized carbons (Fsp3) is 0.600. The lowest BCUT2D eigenvalue weighted by Gasteiger charge is -2.45. The largest absolute Gasteiger partial charge is 0.349 e. The minimum atomic E-state index is 0.616. The number of hydrogen-bond donors (Lipinski definition) is 1. The van der Waals surface area contributed by atoms with Gasteiger partial charge in [0.05, 0.1) is 5.03 Å². The van der Waals surface area contributed by atoms with E-state index < -0.39 is 0 Å². The summed E-state index contributed by atoms with van der Waals surface area (Å²) in [4.78, 5) is 6.37. The van der Waals surface area contributed by atoms with Crippen LogP contribution >= 0.6 is 23.5 Å². The number of piperidine rings is 1. The molecule has 0 unspecified atom stereocenters. The summed E-state index contributed by atoms with van der Waals surface area (Å²) in [7, 11) is 2.34. The molecule has 3 atom stereocenters. The zero-order valence-electron chi connectivity index (χ0n) is 15.1. The van der Waals surface area contributed by atoms with Crippen LogP contribution in [0.4, 0.5) is 0 Å². The molecule has 2 nitrogen and oxygen atoms in total. The number of rotatable bonds is 4. The third-order valence-electron chi connectivity index (χ3n) is 5.65. The van der Waals surface area contributed by atoms with Gasteiger partial charge in [-0.15, -0.1) is 11.8 Å². The Hall–Kier alpha value is -0.580. The maximum atomic E-state index is 3.73. The Morgan fingerprint density at radius 2 is 2.17 bits per heavy atom. The number of H-pyrrole nitrogens is 1. The molecule has 1 saturated heterocycles. The number of fused-ring (bicyclic) bond motifs is 2. The van der Waals surface area contributed by atoms with Crippen molar-refractivity contribution in [3.8, 4) is 0 Å². The van der Waals surface area contributed by atoms with Gasteiger partial charge in [0, 0.05) is 34.7 Å². The maximum Gasteiger partial charge on any atom is 0.0768 e. The molecule has 0 radical (unpaired) electrons. The van der Waals surface area contributed by atoms with Crippen LogP contribution in [0.3, 0.4) is 0 Å². The molecule has 2 heterocycles. The second kappa shape index (κ2) is 6.62. The molecule has 4 heteroatoms. The molecule has 1 aliphatic heterocycles. The minimum Gasteiger partial charge on any atom is -0.349 e. The Bertz CT molecular complexity index is 737. The van der Waals surface area contributed by atoms with Crippen LogP contribution in [0.2, 0.25) is 0 Å². The van der Waals surface area contributed by atoms with Crippen molar-refractivity contribution < 1.29 is 0 Å². The van der Waals surface area contributed by atoms with Crippen molar-refractivity contribution >= 4 is 34.4 Å². The van der Waals surface area contributed by atoms with Crippen LogP contribution < -0.4 is 0 Å². The Labute approximate surface area is 154 Å². The summed E-state index contributed by atoms with van der Waals surface area (Å²) in [6.45, 7) is 5.83. The van der Waals surface area contributed by atoms with Gasteiger partial charge in [0.15, 0.2) is 0 Å². The number of hydrogen-bond acceptors (Lipinski definition) is 3. The third-order valence-corrected chi connectivity index (χ3v) is 7.51. The van der Waals surface area contributed by atoms with E-state index in [1.54, 1.807) is 16.5 Å². The van der Waals surface area contributed by atoms with Crippen LogP contribution in [-0.4, -0.2) is 46.8 Å². The molecule has 0 saturated carbocycles. The molecule has 130 valence electrons.